The van der Waals surface area contributed by atoms with E-state index >= 15 is 0 Å². The van der Waals surface area contributed by atoms with Gasteiger partial charge in [0.25, 0.3) is 0 Å². The molecule has 2 saturated heterocycles. The molecule has 0 bridgehead atoms. The maximum Gasteiger partial charge on any atom is 0.223 e. The lowest BCUT2D eigenvalue weighted by Crippen LogP contribution is -2.44. The Balaban J connectivity index is 1.94. The van der Waals surface area contributed by atoms with Crippen molar-refractivity contribution < 1.29 is 19.1 Å². The van der Waals surface area contributed by atoms with Gasteiger partial charge in [0.2, 0.25) is 17.7 Å². The number of hydrogen-bond donors (Lipinski definition) is 2. The molecule has 7 heteroatoms. The molecule has 2 fully saturated rings. The van der Waals surface area contributed by atoms with Crippen LogP contribution >= 0.6 is 0 Å². The molecule has 136 valence electrons. The van der Waals surface area contributed by atoms with E-state index in [9.17, 15) is 14.4 Å². The summed E-state index contributed by atoms with van der Waals surface area (Å²) >= 11 is 0. The summed E-state index contributed by atoms with van der Waals surface area (Å²) < 4.78 is 5.31. The van der Waals surface area contributed by atoms with Crippen molar-refractivity contribution in [2.45, 2.75) is 57.5 Å². The highest BCUT2D eigenvalue weighted by Crippen LogP contribution is 2.19. The van der Waals surface area contributed by atoms with Gasteiger partial charge in [-0.25, -0.2) is 0 Å². The van der Waals surface area contributed by atoms with E-state index in [4.69, 9.17) is 4.74 Å². The number of nitrogens with zero attached hydrogens (tertiary/aromatic N) is 1. The van der Waals surface area contributed by atoms with E-state index in [1.165, 1.54) is 6.92 Å². The molecule has 0 aromatic rings. The first-order valence-electron chi connectivity index (χ1n) is 8.85. The lowest BCUT2D eigenvalue weighted by atomic mass is 9.95. The van der Waals surface area contributed by atoms with E-state index in [1.807, 2.05) is 0 Å². The Morgan fingerprint density at radius 3 is 2.46 bits per heavy atom. The van der Waals surface area contributed by atoms with Crippen molar-refractivity contribution in [2.24, 2.45) is 5.92 Å². The van der Waals surface area contributed by atoms with Crippen LogP contribution in [0.1, 0.15) is 45.4 Å². The number of amides is 3. The lowest BCUT2D eigenvalue weighted by molar-refractivity contribution is -0.136. The fraction of sp³-hybridized carbons (Fsp3) is 0.824. The van der Waals surface area contributed by atoms with Crippen LogP contribution in [-0.2, 0) is 19.1 Å². The Morgan fingerprint density at radius 2 is 1.79 bits per heavy atom. The van der Waals surface area contributed by atoms with Crippen LogP contribution in [0.3, 0.4) is 0 Å². The minimum absolute atomic E-state index is 0.0263. The van der Waals surface area contributed by atoms with Gasteiger partial charge >= 0.3 is 0 Å². The molecular weight excluding hydrogens is 310 g/mol. The van der Waals surface area contributed by atoms with Crippen LogP contribution in [0, 0.1) is 5.92 Å². The maximum atomic E-state index is 12.6. The second-order valence-corrected chi connectivity index (χ2v) is 6.90. The van der Waals surface area contributed by atoms with Crippen molar-refractivity contribution >= 4 is 17.7 Å². The zero-order valence-corrected chi connectivity index (χ0v) is 14.7. The first-order valence-corrected chi connectivity index (χ1v) is 8.85. The van der Waals surface area contributed by atoms with Gasteiger partial charge in [0.05, 0.1) is 0 Å². The normalized spacial score (nSPS) is 26.9. The van der Waals surface area contributed by atoms with E-state index in [1.54, 1.807) is 11.9 Å². The van der Waals surface area contributed by atoms with Gasteiger partial charge in [-0.15, -0.1) is 0 Å². The molecule has 0 aromatic heterocycles. The second kappa shape index (κ2) is 9.01. The van der Waals surface area contributed by atoms with E-state index in [2.05, 4.69) is 10.6 Å². The van der Waals surface area contributed by atoms with E-state index in [0.29, 0.717) is 26.2 Å². The highest BCUT2D eigenvalue weighted by Gasteiger charge is 2.28. The van der Waals surface area contributed by atoms with Gasteiger partial charge in [-0.3, -0.25) is 14.4 Å². The van der Waals surface area contributed by atoms with Crippen LogP contribution in [0.4, 0.5) is 0 Å². The SMILES string of the molecule is CC(=O)N[C@@H]1CCC[C@@H](C(=O)NC2CCOCC2)CC(=O)N(C)C1. The summed E-state index contributed by atoms with van der Waals surface area (Å²) in [5.74, 6) is -0.450. The molecule has 0 unspecified atom stereocenters. The van der Waals surface area contributed by atoms with Crippen molar-refractivity contribution in [1.82, 2.24) is 15.5 Å². The average Bonchev–Trinajstić information content (AvgIpc) is 2.59. The Bertz CT molecular complexity index is 463. The highest BCUT2D eigenvalue weighted by molar-refractivity contribution is 5.86. The monoisotopic (exact) mass is 339 g/mol. The minimum atomic E-state index is -0.293. The summed E-state index contributed by atoms with van der Waals surface area (Å²) in [6.07, 6.45) is 4.16. The average molecular weight is 339 g/mol. The lowest BCUT2D eigenvalue weighted by Gasteiger charge is -2.26. The predicted octanol–water partition coefficient (Wildman–Crippen LogP) is 0.435. The Hall–Kier alpha value is -1.63. The first kappa shape index (κ1) is 18.7. The van der Waals surface area contributed by atoms with E-state index in [-0.39, 0.29) is 42.1 Å². The summed E-state index contributed by atoms with van der Waals surface area (Å²) in [4.78, 5) is 37.8. The van der Waals surface area contributed by atoms with Gasteiger partial charge in [0.15, 0.2) is 0 Å². The number of carbonyl (C=O) groups excluding carboxylic acids is 3. The molecule has 24 heavy (non-hydrogen) atoms. The molecule has 0 aromatic carbocycles. The third-order valence-corrected chi connectivity index (χ3v) is 4.79. The number of carbonyl (C=O) groups is 3. The second-order valence-electron chi connectivity index (χ2n) is 6.90. The third-order valence-electron chi connectivity index (χ3n) is 4.79. The van der Waals surface area contributed by atoms with E-state index in [0.717, 1.165) is 25.7 Å². The topological polar surface area (TPSA) is 87.7 Å². The molecule has 0 radical (unpaired) electrons. The molecule has 0 saturated carbocycles. The van der Waals surface area contributed by atoms with Gasteiger partial charge in [0, 0.05) is 58.2 Å². The number of hydrogen-bond acceptors (Lipinski definition) is 4. The Morgan fingerprint density at radius 1 is 1.08 bits per heavy atom. The largest absolute Gasteiger partial charge is 0.381 e. The quantitative estimate of drug-likeness (QED) is 0.781. The van der Waals surface area contributed by atoms with Crippen molar-refractivity contribution in [1.29, 1.82) is 0 Å². The summed E-state index contributed by atoms with van der Waals surface area (Å²) in [5, 5.41) is 5.97. The molecule has 2 aliphatic rings. The smallest absolute Gasteiger partial charge is 0.223 e. The van der Waals surface area contributed by atoms with Crippen LogP contribution in [0.2, 0.25) is 0 Å². The third kappa shape index (κ3) is 5.78. The van der Waals surface area contributed by atoms with Crippen LogP contribution < -0.4 is 10.6 Å². The van der Waals surface area contributed by atoms with E-state index < -0.39 is 0 Å². The maximum absolute atomic E-state index is 12.6. The summed E-state index contributed by atoms with van der Waals surface area (Å²) in [6.45, 7) is 3.33. The van der Waals surface area contributed by atoms with Crippen molar-refractivity contribution in [3.05, 3.63) is 0 Å². The van der Waals surface area contributed by atoms with Gasteiger partial charge in [-0.1, -0.05) is 6.42 Å². The number of ether oxygens (including phenoxy) is 1. The molecular formula is C17H29N3O4. The molecule has 2 heterocycles. The van der Waals surface area contributed by atoms with Crippen LogP contribution in [-0.4, -0.2) is 61.5 Å². The summed E-state index contributed by atoms with van der Waals surface area (Å²) in [7, 11) is 1.73. The molecule has 2 rings (SSSR count). The first-order chi connectivity index (χ1) is 11.5. The molecule has 7 nitrogen and oxygen atoms in total. The molecule has 0 spiro atoms. The molecule has 0 aliphatic carbocycles. The zero-order valence-electron chi connectivity index (χ0n) is 14.7. The highest BCUT2D eigenvalue weighted by atomic mass is 16.5. The minimum Gasteiger partial charge on any atom is -0.381 e. The fourth-order valence-corrected chi connectivity index (χ4v) is 3.39. The molecule has 2 N–H and O–H groups in total. The van der Waals surface area contributed by atoms with Crippen LogP contribution in [0.25, 0.3) is 0 Å². The summed E-state index contributed by atoms with van der Waals surface area (Å²) in [5.41, 5.74) is 0. The van der Waals surface area contributed by atoms with Crippen LogP contribution in [0.5, 0.6) is 0 Å². The number of rotatable bonds is 3. The molecule has 2 atom stereocenters. The summed E-state index contributed by atoms with van der Waals surface area (Å²) in [6, 6.07) is 0.104. The standard InChI is InChI=1S/C17H29N3O4/c1-12(21)18-15-5-3-4-13(10-16(22)20(2)11-15)17(23)19-14-6-8-24-9-7-14/h13-15H,3-11H2,1-2H3,(H,18,21)(H,19,23)/t13-,15-/m1/s1. The Labute approximate surface area is 143 Å². The zero-order chi connectivity index (χ0) is 17.5. The molecule has 3 amide bonds. The van der Waals surface area contributed by atoms with Gasteiger partial charge in [-0.2, -0.15) is 0 Å². The Kier molecular flexibility index (Phi) is 7.02. The van der Waals surface area contributed by atoms with Gasteiger partial charge < -0.3 is 20.3 Å². The van der Waals surface area contributed by atoms with Crippen molar-refractivity contribution in [3.63, 3.8) is 0 Å². The fourth-order valence-electron chi connectivity index (χ4n) is 3.39. The van der Waals surface area contributed by atoms with Gasteiger partial charge in [-0.05, 0) is 25.7 Å². The van der Waals surface area contributed by atoms with Crippen molar-refractivity contribution in [3.8, 4) is 0 Å². The number of likely N-dealkylation sites (N-methyl/N-ethyl adjacent to an activating group) is 1. The van der Waals surface area contributed by atoms with Crippen LogP contribution in [0.15, 0.2) is 0 Å². The predicted molar refractivity (Wildman–Crippen MR) is 89.2 cm³/mol. The molecule has 2 aliphatic heterocycles. The van der Waals surface area contributed by atoms with Gasteiger partial charge in [0.1, 0.15) is 0 Å². The number of nitrogens with one attached hydrogen (secondary N) is 2. The van der Waals surface area contributed by atoms with Crippen molar-refractivity contribution in [2.75, 3.05) is 26.8 Å².